The van der Waals surface area contributed by atoms with Crippen LogP contribution in [-0.2, 0) is 0 Å². The van der Waals surface area contributed by atoms with Gasteiger partial charge in [0.1, 0.15) is 0 Å². The molecule has 2 aromatic carbocycles. The van der Waals surface area contributed by atoms with Gasteiger partial charge in [0.25, 0.3) is 0 Å². The molecule has 0 aliphatic heterocycles. The summed E-state index contributed by atoms with van der Waals surface area (Å²) in [5.41, 5.74) is 1.61. The van der Waals surface area contributed by atoms with E-state index in [0.717, 1.165) is 5.56 Å². The van der Waals surface area contributed by atoms with E-state index in [1.807, 2.05) is 43.3 Å². The Morgan fingerprint density at radius 2 is 1.71 bits per heavy atom. The lowest BCUT2D eigenvalue weighted by Crippen LogP contribution is -2.33. The molecule has 0 saturated heterocycles. The normalized spacial score (nSPS) is 11.8. The molecule has 2 aromatic rings. The van der Waals surface area contributed by atoms with E-state index >= 15 is 0 Å². The SMILES string of the molecule is C[C@H](c1ccc(Cl)cc1)N(C)C(=O)Nc1ccccc1Cl. The Morgan fingerprint density at radius 1 is 1.10 bits per heavy atom. The minimum absolute atomic E-state index is 0.0789. The largest absolute Gasteiger partial charge is 0.322 e. The van der Waals surface area contributed by atoms with Crippen LogP contribution in [0.5, 0.6) is 0 Å². The van der Waals surface area contributed by atoms with Gasteiger partial charge in [-0.15, -0.1) is 0 Å². The number of rotatable bonds is 3. The molecule has 0 bridgehead atoms. The third kappa shape index (κ3) is 3.90. The minimum atomic E-state index is -0.217. The molecule has 0 spiro atoms. The quantitative estimate of drug-likeness (QED) is 0.825. The molecule has 3 nitrogen and oxygen atoms in total. The molecule has 0 unspecified atom stereocenters. The zero-order valence-electron chi connectivity index (χ0n) is 11.8. The van der Waals surface area contributed by atoms with Gasteiger partial charge < -0.3 is 10.2 Å². The molecular weight excluding hydrogens is 307 g/mol. The van der Waals surface area contributed by atoms with Crippen LogP contribution in [0.4, 0.5) is 10.5 Å². The van der Waals surface area contributed by atoms with Crippen molar-refractivity contribution in [3.8, 4) is 0 Å². The highest BCUT2D eigenvalue weighted by Crippen LogP contribution is 2.24. The maximum absolute atomic E-state index is 12.3. The van der Waals surface area contributed by atoms with Crippen LogP contribution < -0.4 is 5.32 Å². The van der Waals surface area contributed by atoms with Crippen molar-refractivity contribution in [3.05, 3.63) is 64.1 Å². The molecular formula is C16H16Cl2N2O. The lowest BCUT2D eigenvalue weighted by atomic mass is 10.1. The predicted molar refractivity (Wildman–Crippen MR) is 88.1 cm³/mol. The molecule has 0 heterocycles. The number of halogens is 2. The van der Waals surface area contributed by atoms with Gasteiger partial charge in [-0.25, -0.2) is 4.79 Å². The summed E-state index contributed by atoms with van der Waals surface area (Å²) in [6, 6.07) is 14.3. The Balaban J connectivity index is 2.08. The number of urea groups is 1. The van der Waals surface area contributed by atoms with E-state index < -0.39 is 0 Å². The second-order valence-electron chi connectivity index (χ2n) is 4.75. The molecule has 0 saturated carbocycles. The molecule has 5 heteroatoms. The van der Waals surface area contributed by atoms with Gasteiger partial charge in [0.05, 0.1) is 16.8 Å². The van der Waals surface area contributed by atoms with Crippen molar-refractivity contribution in [2.45, 2.75) is 13.0 Å². The van der Waals surface area contributed by atoms with E-state index in [-0.39, 0.29) is 12.1 Å². The van der Waals surface area contributed by atoms with E-state index in [0.29, 0.717) is 15.7 Å². The topological polar surface area (TPSA) is 32.3 Å². The zero-order chi connectivity index (χ0) is 15.4. The van der Waals surface area contributed by atoms with Gasteiger partial charge in [-0.3, -0.25) is 0 Å². The number of hydrogen-bond acceptors (Lipinski definition) is 1. The summed E-state index contributed by atoms with van der Waals surface area (Å²) in [5.74, 6) is 0. The highest BCUT2D eigenvalue weighted by Gasteiger charge is 2.18. The van der Waals surface area contributed by atoms with Gasteiger partial charge >= 0.3 is 6.03 Å². The third-order valence-corrected chi connectivity index (χ3v) is 3.95. The molecule has 1 N–H and O–H groups in total. The van der Waals surface area contributed by atoms with E-state index in [1.165, 1.54) is 0 Å². The van der Waals surface area contributed by atoms with E-state index in [2.05, 4.69) is 5.32 Å². The van der Waals surface area contributed by atoms with Gasteiger partial charge in [0.2, 0.25) is 0 Å². The van der Waals surface area contributed by atoms with Crippen LogP contribution in [0, 0.1) is 0 Å². The Labute approximate surface area is 134 Å². The first-order valence-corrected chi connectivity index (χ1v) is 7.28. The van der Waals surface area contributed by atoms with Crippen LogP contribution >= 0.6 is 23.2 Å². The van der Waals surface area contributed by atoms with Crippen molar-refractivity contribution in [2.75, 3.05) is 12.4 Å². The van der Waals surface area contributed by atoms with Crippen LogP contribution in [-0.4, -0.2) is 18.0 Å². The van der Waals surface area contributed by atoms with Crippen LogP contribution in [0.25, 0.3) is 0 Å². The number of nitrogens with one attached hydrogen (secondary N) is 1. The van der Waals surface area contributed by atoms with Crippen LogP contribution in [0.15, 0.2) is 48.5 Å². The Hall–Kier alpha value is -1.71. The van der Waals surface area contributed by atoms with Crippen LogP contribution in [0.2, 0.25) is 10.0 Å². The average Bonchev–Trinajstić information content (AvgIpc) is 2.49. The van der Waals surface area contributed by atoms with Crippen molar-refractivity contribution in [3.63, 3.8) is 0 Å². The number of para-hydroxylation sites is 1. The molecule has 21 heavy (non-hydrogen) atoms. The summed E-state index contributed by atoms with van der Waals surface area (Å²) in [6.45, 7) is 1.95. The molecule has 0 aromatic heterocycles. The zero-order valence-corrected chi connectivity index (χ0v) is 13.3. The third-order valence-electron chi connectivity index (χ3n) is 3.37. The van der Waals surface area contributed by atoms with E-state index in [1.54, 1.807) is 24.1 Å². The number of nitrogens with zero attached hydrogens (tertiary/aromatic N) is 1. The number of benzene rings is 2. The second-order valence-corrected chi connectivity index (χ2v) is 5.59. The molecule has 1 atom stereocenters. The van der Waals surface area contributed by atoms with Crippen molar-refractivity contribution >= 4 is 34.9 Å². The molecule has 0 fully saturated rings. The molecule has 0 aliphatic rings. The molecule has 2 rings (SSSR count). The van der Waals surface area contributed by atoms with Crippen molar-refractivity contribution < 1.29 is 4.79 Å². The Bertz CT molecular complexity index is 628. The van der Waals surface area contributed by atoms with E-state index in [9.17, 15) is 4.79 Å². The van der Waals surface area contributed by atoms with Gasteiger partial charge in [-0.05, 0) is 36.8 Å². The molecule has 0 radical (unpaired) electrons. The van der Waals surface area contributed by atoms with Gasteiger partial charge in [0.15, 0.2) is 0 Å². The number of carbonyl (C=O) groups excluding carboxylic acids is 1. The monoisotopic (exact) mass is 322 g/mol. The fourth-order valence-corrected chi connectivity index (χ4v) is 2.22. The summed E-state index contributed by atoms with van der Waals surface area (Å²) >= 11 is 11.9. The number of amides is 2. The Morgan fingerprint density at radius 3 is 2.33 bits per heavy atom. The highest BCUT2D eigenvalue weighted by molar-refractivity contribution is 6.33. The highest BCUT2D eigenvalue weighted by atomic mass is 35.5. The minimum Gasteiger partial charge on any atom is -0.321 e. The predicted octanol–water partition coefficient (Wildman–Crippen LogP) is 5.22. The van der Waals surface area contributed by atoms with Crippen molar-refractivity contribution in [2.24, 2.45) is 0 Å². The standard InChI is InChI=1S/C16H16Cl2N2O/c1-11(12-7-9-13(17)10-8-12)20(2)16(21)19-15-6-4-3-5-14(15)18/h3-11H,1-2H3,(H,19,21)/t11-/m1/s1. The van der Waals surface area contributed by atoms with Crippen LogP contribution in [0.3, 0.4) is 0 Å². The summed E-state index contributed by atoms with van der Waals surface area (Å²) < 4.78 is 0. The average molecular weight is 323 g/mol. The van der Waals surface area contributed by atoms with E-state index in [4.69, 9.17) is 23.2 Å². The first kappa shape index (κ1) is 15.7. The number of carbonyl (C=O) groups is 1. The van der Waals surface area contributed by atoms with Crippen molar-refractivity contribution in [1.82, 2.24) is 4.90 Å². The van der Waals surface area contributed by atoms with Gasteiger partial charge in [-0.1, -0.05) is 47.5 Å². The fourth-order valence-electron chi connectivity index (χ4n) is 1.91. The summed E-state index contributed by atoms with van der Waals surface area (Å²) in [4.78, 5) is 13.9. The lowest BCUT2D eigenvalue weighted by Gasteiger charge is -2.25. The lowest BCUT2D eigenvalue weighted by molar-refractivity contribution is 0.208. The fraction of sp³-hybridized carbons (Fsp3) is 0.188. The number of hydrogen-bond donors (Lipinski definition) is 1. The first-order valence-electron chi connectivity index (χ1n) is 6.53. The van der Waals surface area contributed by atoms with Gasteiger partial charge in [0, 0.05) is 12.1 Å². The van der Waals surface area contributed by atoms with Crippen LogP contribution in [0.1, 0.15) is 18.5 Å². The maximum Gasteiger partial charge on any atom is 0.322 e. The molecule has 110 valence electrons. The van der Waals surface area contributed by atoms with Crippen molar-refractivity contribution in [1.29, 1.82) is 0 Å². The smallest absolute Gasteiger partial charge is 0.321 e. The first-order chi connectivity index (χ1) is 9.99. The summed E-state index contributed by atoms with van der Waals surface area (Å²) in [5, 5.41) is 3.99. The molecule has 2 amide bonds. The number of anilines is 1. The van der Waals surface area contributed by atoms with Gasteiger partial charge in [-0.2, -0.15) is 0 Å². The summed E-state index contributed by atoms with van der Waals surface area (Å²) in [7, 11) is 1.74. The second kappa shape index (κ2) is 6.83. The molecule has 0 aliphatic carbocycles. The maximum atomic E-state index is 12.3. The summed E-state index contributed by atoms with van der Waals surface area (Å²) in [6.07, 6.45) is 0. The Kier molecular flexibility index (Phi) is 5.10.